The number of aryl methyl sites for hydroxylation is 1. The highest BCUT2D eigenvalue weighted by Gasteiger charge is 1.97. The van der Waals surface area contributed by atoms with E-state index < -0.39 is 0 Å². The van der Waals surface area contributed by atoms with E-state index in [2.05, 4.69) is 16.5 Å². The normalized spacial score (nSPS) is 10.4. The van der Waals surface area contributed by atoms with Crippen LogP contribution in [-0.2, 0) is 0 Å². The van der Waals surface area contributed by atoms with Gasteiger partial charge in [0, 0.05) is 12.4 Å². The van der Waals surface area contributed by atoms with Gasteiger partial charge in [0.05, 0.1) is 11.4 Å². The number of hydrogen-bond donors (Lipinski definition) is 0. The van der Waals surface area contributed by atoms with Crippen molar-refractivity contribution in [1.82, 2.24) is 14.4 Å². The third kappa shape index (κ3) is 0.993. The van der Waals surface area contributed by atoms with Crippen LogP contribution in [0.1, 0.15) is 11.4 Å². The molecular weight excluding hydrogens is 150 g/mol. The third-order valence-corrected chi connectivity index (χ3v) is 1.68. The van der Waals surface area contributed by atoms with Crippen molar-refractivity contribution in [3.63, 3.8) is 0 Å². The Hall–Kier alpha value is -1.64. The van der Waals surface area contributed by atoms with E-state index in [9.17, 15) is 0 Å². The summed E-state index contributed by atoms with van der Waals surface area (Å²) in [6.07, 6.45) is 5.58. The first-order chi connectivity index (χ1) is 5.79. The van der Waals surface area contributed by atoms with E-state index in [-0.39, 0.29) is 0 Å². The lowest BCUT2D eigenvalue weighted by Crippen LogP contribution is -1.88. The molecule has 0 bridgehead atoms. The molecule has 0 radical (unpaired) electrons. The minimum atomic E-state index is 0.727. The summed E-state index contributed by atoms with van der Waals surface area (Å²) in [5.74, 6) is 0.727. The third-order valence-electron chi connectivity index (χ3n) is 1.68. The highest BCUT2D eigenvalue weighted by molar-refractivity contribution is 5.45. The molecular formula is C9H9N3. The molecule has 0 N–H and O–H groups in total. The summed E-state index contributed by atoms with van der Waals surface area (Å²) in [5.41, 5.74) is 1.83. The largest absolute Gasteiger partial charge is 0.291 e. The molecule has 12 heavy (non-hydrogen) atoms. The predicted octanol–water partition coefficient (Wildman–Crippen LogP) is 1.68. The lowest BCUT2D eigenvalue weighted by molar-refractivity contribution is 1.10. The molecule has 2 aromatic rings. The zero-order valence-corrected chi connectivity index (χ0v) is 6.86. The topological polar surface area (TPSA) is 30.2 Å². The van der Waals surface area contributed by atoms with Gasteiger partial charge in [-0.05, 0) is 19.1 Å². The maximum atomic E-state index is 4.25. The predicted molar refractivity (Wildman–Crippen MR) is 47.8 cm³/mol. The summed E-state index contributed by atoms with van der Waals surface area (Å²) in [6, 6.07) is 1.90. The van der Waals surface area contributed by atoms with Crippen LogP contribution < -0.4 is 0 Å². The Morgan fingerprint density at radius 1 is 1.50 bits per heavy atom. The molecule has 0 aliphatic rings. The van der Waals surface area contributed by atoms with Crippen LogP contribution in [0.2, 0.25) is 0 Å². The van der Waals surface area contributed by atoms with Gasteiger partial charge >= 0.3 is 0 Å². The smallest absolute Gasteiger partial charge is 0.234 e. The molecule has 60 valence electrons. The van der Waals surface area contributed by atoms with Crippen molar-refractivity contribution in [2.24, 2.45) is 0 Å². The maximum Gasteiger partial charge on any atom is 0.234 e. The summed E-state index contributed by atoms with van der Waals surface area (Å²) >= 11 is 0. The Bertz CT molecular complexity index is 428. The van der Waals surface area contributed by atoms with Gasteiger partial charge in [0.2, 0.25) is 5.78 Å². The van der Waals surface area contributed by atoms with Gasteiger partial charge in [-0.3, -0.25) is 4.40 Å². The lowest BCUT2D eigenvalue weighted by Gasteiger charge is -1.92. The second kappa shape index (κ2) is 2.44. The van der Waals surface area contributed by atoms with E-state index >= 15 is 0 Å². The van der Waals surface area contributed by atoms with E-state index in [1.807, 2.05) is 29.8 Å². The fourth-order valence-electron chi connectivity index (χ4n) is 1.12. The van der Waals surface area contributed by atoms with Gasteiger partial charge in [0.15, 0.2) is 0 Å². The first-order valence-electron chi connectivity index (χ1n) is 3.74. The molecule has 0 spiro atoms. The average Bonchev–Trinajstić information content (AvgIpc) is 2.43. The van der Waals surface area contributed by atoms with Crippen LogP contribution in [0.25, 0.3) is 11.9 Å². The second-order valence-corrected chi connectivity index (χ2v) is 2.65. The molecule has 3 nitrogen and oxygen atoms in total. The summed E-state index contributed by atoms with van der Waals surface area (Å²) < 4.78 is 1.89. The van der Waals surface area contributed by atoms with E-state index in [0.29, 0.717) is 0 Å². The monoisotopic (exact) mass is 159 g/mol. The van der Waals surface area contributed by atoms with Gasteiger partial charge in [-0.1, -0.05) is 6.58 Å². The van der Waals surface area contributed by atoms with Crippen molar-refractivity contribution in [2.75, 3.05) is 0 Å². The highest BCUT2D eigenvalue weighted by Crippen LogP contribution is 2.03. The van der Waals surface area contributed by atoms with Crippen molar-refractivity contribution in [2.45, 2.75) is 6.92 Å². The summed E-state index contributed by atoms with van der Waals surface area (Å²) in [4.78, 5) is 8.47. The standard InChI is InChI=1S/C9H9N3/c1-3-8-4-5-12-6-7(2)10-9(12)11-8/h3-6H,1H2,2H3. The van der Waals surface area contributed by atoms with E-state index in [4.69, 9.17) is 0 Å². The fourth-order valence-corrected chi connectivity index (χ4v) is 1.12. The molecule has 0 amide bonds. The number of rotatable bonds is 1. The Kier molecular flexibility index (Phi) is 1.43. The fraction of sp³-hybridized carbons (Fsp3) is 0.111. The Balaban J connectivity index is 2.74. The van der Waals surface area contributed by atoms with Crippen LogP contribution in [0, 0.1) is 6.92 Å². The Labute approximate surface area is 70.4 Å². The van der Waals surface area contributed by atoms with E-state index in [1.165, 1.54) is 0 Å². The van der Waals surface area contributed by atoms with Crippen molar-refractivity contribution in [3.05, 3.63) is 36.4 Å². The molecule has 0 aliphatic heterocycles. The minimum Gasteiger partial charge on any atom is -0.291 e. The van der Waals surface area contributed by atoms with Crippen molar-refractivity contribution < 1.29 is 0 Å². The molecule has 0 atom stereocenters. The van der Waals surface area contributed by atoms with Gasteiger partial charge in [0.25, 0.3) is 0 Å². The maximum absolute atomic E-state index is 4.25. The summed E-state index contributed by atoms with van der Waals surface area (Å²) in [7, 11) is 0. The SMILES string of the molecule is C=Cc1ccn2cc(C)nc2n1. The number of fused-ring (bicyclic) bond motifs is 1. The van der Waals surface area contributed by atoms with Crippen molar-refractivity contribution in [3.8, 4) is 0 Å². The van der Waals surface area contributed by atoms with E-state index in [1.54, 1.807) is 6.08 Å². The van der Waals surface area contributed by atoms with Crippen LogP contribution in [0.3, 0.4) is 0 Å². The number of hydrogen-bond acceptors (Lipinski definition) is 2. The van der Waals surface area contributed by atoms with Crippen LogP contribution in [0.4, 0.5) is 0 Å². The van der Waals surface area contributed by atoms with Crippen molar-refractivity contribution in [1.29, 1.82) is 0 Å². The zero-order valence-electron chi connectivity index (χ0n) is 6.86. The first-order valence-corrected chi connectivity index (χ1v) is 3.74. The van der Waals surface area contributed by atoms with Gasteiger partial charge in [0.1, 0.15) is 0 Å². The molecule has 2 heterocycles. The molecule has 2 rings (SSSR count). The molecule has 2 aromatic heterocycles. The number of nitrogens with zero attached hydrogens (tertiary/aromatic N) is 3. The molecule has 0 unspecified atom stereocenters. The quantitative estimate of drug-likeness (QED) is 0.633. The van der Waals surface area contributed by atoms with Crippen LogP contribution in [0.15, 0.2) is 25.0 Å². The molecule has 0 aromatic carbocycles. The molecule has 3 heteroatoms. The van der Waals surface area contributed by atoms with Gasteiger partial charge in [-0.25, -0.2) is 9.97 Å². The van der Waals surface area contributed by atoms with Gasteiger partial charge < -0.3 is 0 Å². The van der Waals surface area contributed by atoms with Crippen LogP contribution in [0.5, 0.6) is 0 Å². The Morgan fingerprint density at radius 3 is 3.08 bits per heavy atom. The molecule has 0 saturated heterocycles. The van der Waals surface area contributed by atoms with Gasteiger partial charge in [-0.2, -0.15) is 0 Å². The number of aromatic nitrogens is 3. The van der Waals surface area contributed by atoms with Gasteiger partial charge in [-0.15, -0.1) is 0 Å². The van der Waals surface area contributed by atoms with Crippen LogP contribution >= 0.6 is 0 Å². The number of imidazole rings is 1. The average molecular weight is 159 g/mol. The summed E-state index contributed by atoms with van der Waals surface area (Å²) in [6.45, 7) is 5.59. The van der Waals surface area contributed by atoms with E-state index in [0.717, 1.165) is 17.2 Å². The van der Waals surface area contributed by atoms with Crippen molar-refractivity contribution >= 4 is 11.9 Å². The molecule has 0 aliphatic carbocycles. The highest BCUT2D eigenvalue weighted by atomic mass is 15.1. The van der Waals surface area contributed by atoms with Crippen LogP contribution in [-0.4, -0.2) is 14.4 Å². The lowest BCUT2D eigenvalue weighted by atomic mass is 10.4. The minimum absolute atomic E-state index is 0.727. The second-order valence-electron chi connectivity index (χ2n) is 2.65. The summed E-state index contributed by atoms with van der Waals surface area (Å²) in [5, 5.41) is 0. The Morgan fingerprint density at radius 2 is 2.33 bits per heavy atom. The molecule has 0 saturated carbocycles. The molecule has 0 fully saturated rings. The zero-order chi connectivity index (χ0) is 8.55. The first kappa shape index (κ1) is 7.03.